The van der Waals surface area contributed by atoms with E-state index in [2.05, 4.69) is 17.3 Å². The molecule has 1 aliphatic rings. The summed E-state index contributed by atoms with van der Waals surface area (Å²) in [5.41, 5.74) is 1.17. The average Bonchev–Trinajstić information content (AvgIpc) is 2.31. The third-order valence-electron chi connectivity index (χ3n) is 2.75. The van der Waals surface area contributed by atoms with E-state index >= 15 is 0 Å². The minimum absolute atomic E-state index is 0.273. The molecule has 0 bridgehead atoms. The molecule has 0 radical (unpaired) electrons. The molecule has 1 saturated heterocycles. The molecule has 0 spiro atoms. The van der Waals surface area contributed by atoms with Crippen molar-refractivity contribution in [3.8, 4) is 0 Å². The first kappa shape index (κ1) is 11.7. The van der Waals surface area contributed by atoms with Crippen molar-refractivity contribution in [2.45, 2.75) is 6.10 Å². The monoisotopic (exact) mass is 240 g/mol. The maximum atomic E-state index is 5.86. The van der Waals surface area contributed by atoms with Gasteiger partial charge >= 0.3 is 0 Å². The molecule has 4 heteroatoms. The predicted molar refractivity (Wildman–Crippen MR) is 67.3 cm³/mol. The van der Waals surface area contributed by atoms with Crippen LogP contribution in [-0.2, 0) is 4.74 Å². The first-order valence-corrected chi connectivity index (χ1v) is 5.92. The molecule has 1 aliphatic heterocycles. The molecule has 0 aliphatic carbocycles. The van der Waals surface area contributed by atoms with Gasteiger partial charge in [-0.3, -0.25) is 0 Å². The van der Waals surface area contributed by atoms with Crippen LogP contribution in [0.4, 0.5) is 5.69 Å². The van der Waals surface area contributed by atoms with Crippen molar-refractivity contribution < 1.29 is 4.74 Å². The Morgan fingerprint density at radius 2 is 2.19 bits per heavy atom. The zero-order valence-corrected chi connectivity index (χ0v) is 10.2. The van der Waals surface area contributed by atoms with Gasteiger partial charge in [0.15, 0.2) is 0 Å². The van der Waals surface area contributed by atoms with Crippen LogP contribution < -0.4 is 10.2 Å². The molecule has 2 rings (SSSR count). The van der Waals surface area contributed by atoms with Crippen molar-refractivity contribution in [3.63, 3.8) is 0 Å². The van der Waals surface area contributed by atoms with Crippen LogP contribution in [0, 0.1) is 0 Å². The molecule has 3 nitrogen and oxygen atoms in total. The third-order valence-corrected chi connectivity index (χ3v) is 3.00. The number of hydrogen-bond donors (Lipinski definition) is 1. The minimum Gasteiger partial charge on any atom is -0.374 e. The molecule has 16 heavy (non-hydrogen) atoms. The fraction of sp³-hybridized carbons (Fsp3) is 0.500. The summed E-state index contributed by atoms with van der Waals surface area (Å²) in [6.07, 6.45) is 0.273. The maximum Gasteiger partial charge on any atom is 0.0874 e. The van der Waals surface area contributed by atoms with E-state index in [4.69, 9.17) is 16.3 Å². The minimum atomic E-state index is 0.273. The number of hydrogen-bond acceptors (Lipinski definition) is 3. The summed E-state index contributed by atoms with van der Waals surface area (Å²) in [6.45, 7) is 3.59. The van der Waals surface area contributed by atoms with Gasteiger partial charge in [-0.1, -0.05) is 11.6 Å². The molecule has 88 valence electrons. The fourth-order valence-corrected chi connectivity index (χ4v) is 1.97. The Hall–Kier alpha value is -0.770. The Bertz CT molecular complexity index is 322. The van der Waals surface area contributed by atoms with Gasteiger partial charge in [-0.2, -0.15) is 0 Å². The van der Waals surface area contributed by atoms with Gasteiger partial charge in [0.2, 0.25) is 0 Å². The molecular formula is C12H17ClN2O. The fourth-order valence-electron chi connectivity index (χ4n) is 1.84. The summed E-state index contributed by atoms with van der Waals surface area (Å²) < 4.78 is 5.66. The van der Waals surface area contributed by atoms with E-state index in [1.807, 2.05) is 24.3 Å². The summed E-state index contributed by atoms with van der Waals surface area (Å²) in [4.78, 5) is 2.19. The summed E-state index contributed by atoms with van der Waals surface area (Å²) >= 11 is 5.86. The highest BCUT2D eigenvalue weighted by Crippen LogP contribution is 2.17. The van der Waals surface area contributed by atoms with Crippen LogP contribution in [-0.4, -0.2) is 39.4 Å². The first-order chi connectivity index (χ1) is 7.75. The number of nitrogens with zero attached hydrogens (tertiary/aromatic N) is 1. The smallest absolute Gasteiger partial charge is 0.0874 e. The van der Waals surface area contributed by atoms with Gasteiger partial charge in [0.1, 0.15) is 0 Å². The number of benzene rings is 1. The molecular weight excluding hydrogens is 224 g/mol. The third kappa shape index (κ3) is 3.11. The van der Waals surface area contributed by atoms with Crippen molar-refractivity contribution in [3.05, 3.63) is 29.3 Å². The molecule has 0 amide bonds. The van der Waals surface area contributed by atoms with Gasteiger partial charge < -0.3 is 15.0 Å². The highest BCUT2D eigenvalue weighted by molar-refractivity contribution is 6.30. The second kappa shape index (κ2) is 5.53. The maximum absolute atomic E-state index is 5.86. The van der Waals surface area contributed by atoms with Gasteiger partial charge in [-0.15, -0.1) is 0 Å². The SMILES string of the molecule is CN(CC1CNCCO1)c1ccc(Cl)cc1. The quantitative estimate of drug-likeness (QED) is 0.872. The Labute approximate surface area is 101 Å². The number of morpholine rings is 1. The lowest BCUT2D eigenvalue weighted by Gasteiger charge is -2.29. The van der Waals surface area contributed by atoms with E-state index < -0.39 is 0 Å². The van der Waals surface area contributed by atoms with Crippen molar-refractivity contribution in [2.75, 3.05) is 38.2 Å². The van der Waals surface area contributed by atoms with Crippen LogP contribution in [0.25, 0.3) is 0 Å². The molecule has 1 fully saturated rings. The highest BCUT2D eigenvalue weighted by atomic mass is 35.5. The van der Waals surface area contributed by atoms with Crippen molar-refractivity contribution >= 4 is 17.3 Å². The number of halogens is 1. The van der Waals surface area contributed by atoms with Crippen LogP contribution in [0.2, 0.25) is 5.02 Å². The summed E-state index contributed by atoms with van der Waals surface area (Å²) in [5, 5.41) is 4.10. The topological polar surface area (TPSA) is 24.5 Å². The van der Waals surface area contributed by atoms with Crippen molar-refractivity contribution in [1.29, 1.82) is 0 Å². The predicted octanol–water partition coefficient (Wildman–Crippen LogP) is 1.76. The largest absolute Gasteiger partial charge is 0.374 e. The van der Waals surface area contributed by atoms with E-state index in [-0.39, 0.29) is 6.10 Å². The Morgan fingerprint density at radius 3 is 2.81 bits per heavy atom. The standard InChI is InChI=1S/C12H17ClN2O/c1-15(9-12-8-14-6-7-16-12)11-4-2-10(13)3-5-11/h2-5,12,14H,6-9H2,1H3. The number of likely N-dealkylation sites (N-methyl/N-ethyl adjacent to an activating group) is 1. The molecule has 0 aromatic heterocycles. The Morgan fingerprint density at radius 1 is 1.44 bits per heavy atom. The second-order valence-electron chi connectivity index (χ2n) is 4.05. The summed E-state index contributed by atoms with van der Waals surface area (Å²) in [6, 6.07) is 7.87. The highest BCUT2D eigenvalue weighted by Gasteiger charge is 2.15. The molecule has 1 N–H and O–H groups in total. The van der Waals surface area contributed by atoms with Crippen molar-refractivity contribution in [1.82, 2.24) is 5.32 Å². The number of rotatable bonds is 3. The van der Waals surface area contributed by atoms with Crippen LogP contribution in [0.3, 0.4) is 0 Å². The normalized spacial score (nSPS) is 20.8. The van der Waals surface area contributed by atoms with E-state index in [1.165, 1.54) is 5.69 Å². The lowest BCUT2D eigenvalue weighted by Crippen LogP contribution is -2.44. The number of nitrogens with one attached hydrogen (secondary N) is 1. The molecule has 1 aromatic rings. The zero-order chi connectivity index (χ0) is 11.4. The number of ether oxygens (including phenoxy) is 1. The summed E-state index contributed by atoms with van der Waals surface area (Å²) in [5.74, 6) is 0. The van der Waals surface area contributed by atoms with Crippen molar-refractivity contribution in [2.24, 2.45) is 0 Å². The molecule has 1 heterocycles. The van der Waals surface area contributed by atoms with E-state index in [0.29, 0.717) is 0 Å². The lowest BCUT2D eigenvalue weighted by atomic mass is 10.2. The molecule has 1 aromatic carbocycles. The van der Waals surface area contributed by atoms with Crippen LogP contribution in [0.1, 0.15) is 0 Å². The Kier molecular flexibility index (Phi) is 4.04. The first-order valence-electron chi connectivity index (χ1n) is 5.55. The van der Waals surface area contributed by atoms with E-state index in [9.17, 15) is 0 Å². The summed E-state index contributed by atoms with van der Waals surface area (Å²) in [7, 11) is 2.07. The second-order valence-corrected chi connectivity index (χ2v) is 4.49. The lowest BCUT2D eigenvalue weighted by molar-refractivity contribution is 0.0340. The van der Waals surface area contributed by atoms with E-state index in [0.717, 1.165) is 31.3 Å². The van der Waals surface area contributed by atoms with Crippen LogP contribution >= 0.6 is 11.6 Å². The Balaban J connectivity index is 1.91. The molecule has 1 atom stereocenters. The number of anilines is 1. The zero-order valence-electron chi connectivity index (χ0n) is 9.45. The van der Waals surface area contributed by atoms with Gasteiger partial charge in [0.05, 0.1) is 12.7 Å². The van der Waals surface area contributed by atoms with Crippen LogP contribution in [0.5, 0.6) is 0 Å². The van der Waals surface area contributed by atoms with Gasteiger partial charge in [-0.25, -0.2) is 0 Å². The van der Waals surface area contributed by atoms with Gasteiger partial charge in [0.25, 0.3) is 0 Å². The van der Waals surface area contributed by atoms with Crippen LogP contribution in [0.15, 0.2) is 24.3 Å². The van der Waals surface area contributed by atoms with E-state index in [1.54, 1.807) is 0 Å². The average molecular weight is 241 g/mol. The van der Waals surface area contributed by atoms with Gasteiger partial charge in [0, 0.05) is 37.4 Å². The molecule has 1 unspecified atom stereocenters. The molecule has 0 saturated carbocycles. The van der Waals surface area contributed by atoms with Gasteiger partial charge in [-0.05, 0) is 24.3 Å².